The van der Waals surface area contributed by atoms with Crippen LogP contribution in [0.3, 0.4) is 0 Å². The lowest BCUT2D eigenvalue weighted by molar-refractivity contribution is -0.131. The molecule has 1 N–H and O–H groups in total. The highest BCUT2D eigenvalue weighted by molar-refractivity contribution is 6.40. The molecule has 0 amide bonds. The van der Waals surface area contributed by atoms with Gasteiger partial charge in [-0.05, 0) is 19.1 Å². The number of ketones is 1. The van der Waals surface area contributed by atoms with E-state index in [4.69, 9.17) is 14.6 Å². The van der Waals surface area contributed by atoms with E-state index in [2.05, 4.69) is 0 Å². The van der Waals surface area contributed by atoms with Gasteiger partial charge in [-0.25, -0.2) is 4.79 Å². The number of carbonyl (C=O) groups is 2. The van der Waals surface area contributed by atoms with E-state index in [1.54, 1.807) is 6.92 Å². The first-order valence-electron chi connectivity index (χ1n) is 4.28. The first kappa shape index (κ1) is 9.51. The molecule has 0 bridgehead atoms. The Morgan fingerprint density at radius 3 is 2.73 bits per heavy atom. The fourth-order valence-corrected chi connectivity index (χ4v) is 1.47. The van der Waals surface area contributed by atoms with Crippen LogP contribution in [0.2, 0.25) is 0 Å². The third-order valence-electron chi connectivity index (χ3n) is 2.23. The maximum Gasteiger partial charge on any atom is 0.377 e. The van der Waals surface area contributed by atoms with E-state index < -0.39 is 11.8 Å². The smallest absolute Gasteiger partial charge is 0.377 e. The Morgan fingerprint density at radius 2 is 2.07 bits per heavy atom. The van der Waals surface area contributed by atoms with Gasteiger partial charge in [0, 0.05) is 11.1 Å². The first-order chi connectivity index (χ1) is 7.11. The summed E-state index contributed by atoms with van der Waals surface area (Å²) < 4.78 is 10.2. The summed E-state index contributed by atoms with van der Waals surface area (Å²) >= 11 is 0. The van der Waals surface area contributed by atoms with E-state index >= 15 is 0 Å². The standard InChI is InChI=1S/C10H8O5/c1-5-6(8(11)10(12)13)2-3-7-9(5)15-4-14-7/h2-3H,4H2,1H3,(H,12,13). The van der Waals surface area contributed by atoms with Gasteiger partial charge in [0.2, 0.25) is 6.79 Å². The molecule has 5 nitrogen and oxygen atoms in total. The Balaban J connectivity index is 2.51. The molecule has 0 aromatic heterocycles. The van der Waals surface area contributed by atoms with Crippen molar-refractivity contribution in [2.45, 2.75) is 6.92 Å². The van der Waals surface area contributed by atoms with Crippen molar-refractivity contribution in [3.8, 4) is 11.5 Å². The van der Waals surface area contributed by atoms with Crippen molar-refractivity contribution in [3.63, 3.8) is 0 Å². The molecule has 1 aliphatic heterocycles. The summed E-state index contributed by atoms with van der Waals surface area (Å²) in [6.45, 7) is 1.73. The molecule has 78 valence electrons. The van der Waals surface area contributed by atoms with Crippen LogP contribution in [-0.4, -0.2) is 23.7 Å². The molecular formula is C10H8O5. The fraction of sp³-hybridized carbons (Fsp3) is 0.200. The number of carboxylic acids is 1. The van der Waals surface area contributed by atoms with Crippen LogP contribution >= 0.6 is 0 Å². The van der Waals surface area contributed by atoms with Gasteiger partial charge in [-0.3, -0.25) is 4.79 Å². The fourth-order valence-electron chi connectivity index (χ4n) is 1.47. The van der Waals surface area contributed by atoms with Gasteiger partial charge < -0.3 is 14.6 Å². The van der Waals surface area contributed by atoms with Gasteiger partial charge in [0.1, 0.15) is 0 Å². The lowest BCUT2D eigenvalue weighted by Crippen LogP contribution is -2.14. The number of carboxylic acid groups (broad SMARTS) is 1. The number of fused-ring (bicyclic) bond motifs is 1. The summed E-state index contributed by atoms with van der Waals surface area (Å²) in [6, 6.07) is 2.96. The van der Waals surface area contributed by atoms with Crippen molar-refractivity contribution in [2.75, 3.05) is 6.79 Å². The molecule has 0 saturated heterocycles. The van der Waals surface area contributed by atoms with E-state index in [1.165, 1.54) is 12.1 Å². The quantitative estimate of drug-likeness (QED) is 0.579. The summed E-state index contributed by atoms with van der Waals surface area (Å²) in [6.07, 6.45) is 0. The van der Waals surface area contributed by atoms with Gasteiger partial charge in [0.15, 0.2) is 11.5 Å². The number of hydrogen-bond acceptors (Lipinski definition) is 4. The molecule has 1 aromatic carbocycles. The average molecular weight is 208 g/mol. The van der Waals surface area contributed by atoms with Crippen molar-refractivity contribution in [1.29, 1.82) is 0 Å². The SMILES string of the molecule is Cc1c(C(=O)C(=O)O)ccc2c1OCO2. The van der Waals surface area contributed by atoms with Gasteiger partial charge in [0.05, 0.1) is 0 Å². The summed E-state index contributed by atoms with van der Waals surface area (Å²) in [4.78, 5) is 21.8. The van der Waals surface area contributed by atoms with Crippen molar-refractivity contribution in [2.24, 2.45) is 0 Å². The van der Waals surface area contributed by atoms with E-state index in [0.29, 0.717) is 17.1 Å². The van der Waals surface area contributed by atoms with Gasteiger partial charge in [-0.2, -0.15) is 0 Å². The molecule has 0 fully saturated rings. The van der Waals surface area contributed by atoms with Crippen LogP contribution in [0, 0.1) is 6.92 Å². The van der Waals surface area contributed by atoms with Crippen LogP contribution in [-0.2, 0) is 4.79 Å². The summed E-state index contributed by atoms with van der Waals surface area (Å²) in [5, 5.41) is 8.59. The van der Waals surface area contributed by atoms with Crippen LogP contribution in [0.25, 0.3) is 0 Å². The Kier molecular flexibility index (Phi) is 2.07. The molecule has 0 aliphatic carbocycles. The monoisotopic (exact) mass is 208 g/mol. The van der Waals surface area contributed by atoms with E-state index in [-0.39, 0.29) is 12.4 Å². The Bertz CT molecular complexity index is 449. The minimum atomic E-state index is -1.48. The molecule has 5 heteroatoms. The van der Waals surface area contributed by atoms with Crippen LogP contribution in [0.5, 0.6) is 11.5 Å². The molecular weight excluding hydrogens is 200 g/mol. The number of hydrogen-bond donors (Lipinski definition) is 1. The maximum atomic E-state index is 11.3. The largest absolute Gasteiger partial charge is 0.475 e. The van der Waals surface area contributed by atoms with E-state index in [1.807, 2.05) is 0 Å². The molecule has 1 aliphatic rings. The van der Waals surface area contributed by atoms with Crippen molar-refractivity contribution >= 4 is 11.8 Å². The summed E-state index contributed by atoms with van der Waals surface area (Å²) in [7, 11) is 0. The zero-order valence-corrected chi connectivity index (χ0v) is 7.94. The van der Waals surface area contributed by atoms with E-state index in [9.17, 15) is 9.59 Å². The molecule has 0 atom stereocenters. The second-order valence-corrected chi connectivity index (χ2v) is 3.11. The highest BCUT2D eigenvalue weighted by atomic mass is 16.7. The lowest BCUT2D eigenvalue weighted by Gasteiger charge is -2.04. The number of Topliss-reactive ketones (excluding diaryl/α,β-unsaturated/α-hetero) is 1. The number of benzene rings is 1. The van der Waals surface area contributed by atoms with Crippen LogP contribution in [0.1, 0.15) is 15.9 Å². The Labute approximate surface area is 85.2 Å². The molecule has 0 saturated carbocycles. The van der Waals surface area contributed by atoms with E-state index in [0.717, 1.165) is 0 Å². The minimum Gasteiger partial charge on any atom is -0.475 e. The van der Waals surface area contributed by atoms with Gasteiger partial charge in [-0.15, -0.1) is 0 Å². The topological polar surface area (TPSA) is 72.8 Å². The lowest BCUT2D eigenvalue weighted by atomic mass is 10.0. The minimum absolute atomic E-state index is 0.0981. The summed E-state index contributed by atoms with van der Waals surface area (Å²) in [5.74, 6) is -1.43. The van der Waals surface area contributed by atoms with Crippen molar-refractivity contribution < 1.29 is 24.2 Å². The average Bonchev–Trinajstić information content (AvgIpc) is 2.66. The molecule has 15 heavy (non-hydrogen) atoms. The second kappa shape index (κ2) is 3.27. The third-order valence-corrected chi connectivity index (χ3v) is 2.23. The predicted molar refractivity (Wildman–Crippen MR) is 49.3 cm³/mol. The molecule has 1 heterocycles. The Morgan fingerprint density at radius 1 is 1.33 bits per heavy atom. The number of rotatable bonds is 2. The highest BCUT2D eigenvalue weighted by Crippen LogP contribution is 2.36. The molecule has 1 aromatic rings. The zero-order valence-electron chi connectivity index (χ0n) is 7.94. The predicted octanol–water partition coefficient (Wildman–Crippen LogP) is 0.991. The zero-order chi connectivity index (χ0) is 11.0. The third kappa shape index (κ3) is 1.41. The van der Waals surface area contributed by atoms with Crippen LogP contribution in [0.4, 0.5) is 0 Å². The first-order valence-corrected chi connectivity index (χ1v) is 4.28. The normalized spacial score (nSPS) is 12.6. The number of aliphatic carboxylic acids is 1. The van der Waals surface area contributed by atoms with Crippen LogP contribution < -0.4 is 9.47 Å². The van der Waals surface area contributed by atoms with Gasteiger partial charge in [0.25, 0.3) is 5.78 Å². The number of carbonyl (C=O) groups excluding carboxylic acids is 1. The molecule has 0 spiro atoms. The molecule has 0 unspecified atom stereocenters. The Hall–Kier alpha value is -2.04. The van der Waals surface area contributed by atoms with Crippen LogP contribution in [0.15, 0.2) is 12.1 Å². The van der Waals surface area contributed by atoms with Gasteiger partial charge in [-0.1, -0.05) is 0 Å². The molecule has 2 rings (SSSR count). The highest BCUT2D eigenvalue weighted by Gasteiger charge is 2.24. The second-order valence-electron chi connectivity index (χ2n) is 3.11. The number of ether oxygens (including phenoxy) is 2. The maximum absolute atomic E-state index is 11.3. The molecule has 0 radical (unpaired) electrons. The van der Waals surface area contributed by atoms with Crippen molar-refractivity contribution in [1.82, 2.24) is 0 Å². The van der Waals surface area contributed by atoms with Crippen molar-refractivity contribution in [3.05, 3.63) is 23.3 Å². The van der Waals surface area contributed by atoms with Gasteiger partial charge >= 0.3 is 5.97 Å². The summed E-state index contributed by atoms with van der Waals surface area (Å²) in [5.41, 5.74) is 0.629.